The summed E-state index contributed by atoms with van der Waals surface area (Å²) in [5.74, 6) is -0.354. The van der Waals surface area contributed by atoms with E-state index in [2.05, 4.69) is 17.6 Å². The second-order valence-electron chi connectivity index (χ2n) is 6.71. The molecule has 0 atom stereocenters. The number of aromatic nitrogens is 1. The molecule has 0 fully saturated rings. The van der Waals surface area contributed by atoms with Crippen molar-refractivity contribution in [2.24, 2.45) is 0 Å². The van der Waals surface area contributed by atoms with Crippen molar-refractivity contribution < 1.29 is 12.8 Å². The SMILES string of the molecule is CCCc1cc2cc(S(C)(=O)=O)ccc2n1Cc1ccc(F)cc1CC#N. The predicted molar refractivity (Wildman–Crippen MR) is 104 cm³/mol. The fourth-order valence-electron chi connectivity index (χ4n) is 3.36. The molecule has 0 N–H and O–H groups in total. The fourth-order valence-corrected chi connectivity index (χ4v) is 4.01. The third-order valence-electron chi connectivity index (χ3n) is 4.66. The van der Waals surface area contributed by atoms with Crippen LogP contribution in [0.15, 0.2) is 47.4 Å². The van der Waals surface area contributed by atoms with Gasteiger partial charge in [0.1, 0.15) is 5.82 Å². The van der Waals surface area contributed by atoms with Gasteiger partial charge in [-0.05, 0) is 53.9 Å². The first-order valence-corrected chi connectivity index (χ1v) is 10.7. The first kappa shape index (κ1) is 19.1. The second-order valence-corrected chi connectivity index (χ2v) is 8.73. The fraction of sp³-hybridized carbons (Fsp3) is 0.286. The minimum atomic E-state index is -3.27. The topological polar surface area (TPSA) is 62.9 Å². The quantitative estimate of drug-likeness (QED) is 0.638. The van der Waals surface area contributed by atoms with Crippen LogP contribution in [-0.4, -0.2) is 19.2 Å². The molecule has 1 aromatic heterocycles. The van der Waals surface area contributed by atoms with Gasteiger partial charge < -0.3 is 4.57 Å². The Kier molecular flexibility index (Phi) is 5.33. The zero-order valence-electron chi connectivity index (χ0n) is 15.4. The number of fused-ring (bicyclic) bond motifs is 1. The Morgan fingerprint density at radius 2 is 1.89 bits per heavy atom. The first-order chi connectivity index (χ1) is 12.8. The van der Waals surface area contributed by atoms with Gasteiger partial charge in [0.25, 0.3) is 0 Å². The summed E-state index contributed by atoms with van der Waals surface area (Å²) in [7, 11) is -3.27. The summed E-state index contributed by atoms with van der Waals surface area (Å²) >= 11 is 0. The van der Waals surface area contributed by atoms with Gasteiger partial charge in [0.05, 0.1) is 17.4 Å². The molecule has 6 heteroatoms. The van der Waals surface area contributed by atoms with Crippen LogP contribution in [0.25, 0.3) is 10.9 Å². The van der Waals surface area contributed by atoms with Crippen LogP contribution >= 0.6 is 0 Å². The van der Waals surface area contributed by atoms with E-state index in [1.54, 1.807) is 18.2 Å². The molecule has 27 heavy (non-hydrogen) atoms. The Balaban J connectivity index is 2.13. The second kappa shape index (κ2) is 7.53. The number of rotatable bonds is 6. The minimum Gasteiger partial charge on any atom is -0.340 e. The number of hydrogen-bond donors (Lipinski definition) is 0. The summed E-state index contributed by atoms with van der Waals surface area (Å²) in [5.41, 5.74) is 3.58. The molecule has 1 heterocycles. The van der Waals surface area contributed by atoms with Crippen molar-refractivity contribution in [1.29, 1.82) is 5.26 Å². The van der Waals surface area contributed by atoms with Crippen molar-refractivity contribution >= 4 is 20.7 Å². The van der Waals surface area contributed by atoms with Crippen molar-refractivity contribution in [3.8, 4) is 6.07 Å². The summed E-state index contributed by atoms with van der Waals surface area (Å²) in [6.45, 7) is 2.59. The van der Waals surface area contributed by atoms with Gasteiger partial charge in [0.15, 0.2) is 9.84 Å². The van der Waals surface area contributed by atoms with Gasteiger partial charge in [-0.2, -0.15) is 5.26 Å². The van der Waals surface area contributed by atoms with E-state index < -0.39 is 9.84 Å². The summed E-state index contributed by atoms with van der Waals surface area (Å²) in [6.07, 6.45) is 3.14. The number of aryl methyl sites for hydroxylation is 1. The van der Waals surface area contributed by atoms with Crippen LogP contribution in [0.2, 0.25) is 0 Å². The van der Waals surface area contributed by atoms with Crippen molar-refractivity contribution in [3.05, 3.63) is 65.1 Å². The maximum atomic E-state index is 13.6. The largest absolute Gasteiger partial charge is 0.340 e. The highest BCUT2D eigenvalue weighted by molar-refractivity contribution is 7.90. The number of nitriles is 1. The van der Waals surface area contributed by atoms with Crippen LogP contribution in [0.1, 0.15) is 30.2 Å². The van der Waals surface area contributed by atoms with Gasteiger partial charge in [-0.15, -0.1) is 0 Å². The molecule has 3 rings (SSSR count). The van der Waals surface area contributed by atoms with E-state index in [-0.39, 0.29) is 12.2 Å². The molecule has 0 aliphatic carbocycles. The normalized spacial score (nSPS) is 11.6. The number of nitrogens with zero attached hydrogens (tertiary/aromatic N) is 2. The summed E-state index contributed by atoms with van der Waals surface area (Å²) in [4.78, 5) is 0.294. The first-order valence-electron chi connectivity index (χ1n) is 8.80. The minimum absolute atomic E-state index is 0.146. The molecule has 0 saturated carbocycles. The van der Waals surface area contributed by atoms with E-state index >= 15 is 0 Å². The molecule has 4 nitrogen and oxygen atoms in total. The lowest BCUT2D eigenvalue weighted by atomic mass is 10.0. The molecule has 0 amide bonds. The van der Waals surface area contributed by atoms with Crippen molar-refractivity contribution in [3.63, 3.8) is 0 Å². The highest BCUT2D eigenvalue weighted by Gasteiger charge is 2.14. The summed E-state index contributed by atoms with van der Waals surface area (Å²) in [5, 5.41) is 9.91. The molecule has 2 aromatic carbocycles. The monoisotopic (exact) mass is 384 g/mol. The van der Waals surface area contributed by atoms with Gasteiger partial charge in [0, 0.05) is 29.4 Å². The average molecular weight is 384 g/mol. The third-order valence-corrected chi connectivity index (χ3v) is 5.77. The van der Waals surface area contributed by atoms with E-state index in [4.69, 9.17) is 5.26 Å². The van der Waals surface area contributed by atoms with Gasteiger partial charge in [0.2, 0.25) is 0 Å². The average Bonchev–Trinajstić information content (AvgIpc) is 2.94. The van der Waals surface area contributed by atoms with Crippen LogP contribution in [0.4, 0.5) is 4.39 Å². The molecule has 0 unspecified atom stereocenters. The van der Waals surface area contributed by atoms with E-state index in [0.29, 0.717) is 17.0 Å². The number of sulfone groups is 1. The molecule has 0 saturated heterocycles. The van der Waals surface area contributed by atoms with Gasteiger partial charge >= 0.3 is 0 Å². The number of hydrogen-bond acceptors (Lipinski definition) is 3. The van der Waals surface area contributed by atoms with E-state index in [0.717, 1.165) is 35.0 Å². The zero-order valence-corrected chi connectivity index (χ0v) is 16.2. The smallest absolute Gasteiger partial charge is 0.175 e. The van der Waals surface area contributed by atoms with Crippen molar-refractivity contribution in [2.75, 3.05) is 6.26 Å². The van der Waals surface area contributed by atoms with Gasteiger partial charge in [-0.1, -0.05) is 19.4 Å². The molecular formula is C21H21FN2O2S. The lowest BCUT2D eigenvalue weighted by Crippen LogP contribution is -2.07. The van der Waals surface area contributed by atoms with Gasteiger partial charge in [-0.25, -0.2) is 12.8 Å². The molecule has 0 bridgehead atoms. The van der Waals surface area contributed by atoms with Crippen LogP contribution in [0.5, 0.6) is 0 Å². The Hall–Kier alpha value is -2.65. The van der Waals surface area contributed by atoms with E-state index in [1.165, 1.54) is 18.4 Å². The molecule has 140 valence electrons. The lowest BCUT2D eigenvalue weighted by Gasteiger charge is -2.13. The Morgan fingerprint density at radius 1 is 1.11 bits per heavy atom. The van der Waals surface area contributed by atoms with Crippen LogP contribution in [0.3, 0.4) is 0 Å². The molecular weight excluding hydrogens is 363 g/mol. The summed E-state index contributed by atoms with van der Waals surface area (Å²) < 4.78 is 39.4. The van der Waals surface area contributed by atoms with Crippen molar-refractivity contribution in [2.45, 2.75) is 37.6 Å². The highest BCUT2D eigenvalue weighted by atomic mass is 32.2. The molecule has 3 aromatic rings. The maximum absolute atomic E-state index is 13.6. The van der Waals surface area contributed by atoms with Gasteiger partial charge in [-0.3, -0.25) is 0 Å². The van der Waals surface area contributed by atoms with Crippen LogP contribution in [0, 0.1) is 17.1 Å². The Morgan fingerprint density at radius 3 is 2.56 bits per heavy atom. The van der Waals surface area contributed by atoms with E-state index in [1.807, 2.05) is 12.1 Å². The molecule has 0 aliphatic rings. The Labute approximate surface area is 158 Å². The summed E-state index contributed by atoms with van der Waals surface area (Å²) in [6, 6.07) is 13.8. The van der Waals surface area contributed by atoms with Crippen LogP contribution in [-0.2, 0) is 29.2 Å². The molecule has 0 radical (unpaired) electrons. The zero-order chi connectivity index (χ0) is 19.6. The number of halogens is 1. The predicted octanol–water partition coefficient (Wildman–Crippen LogP) is 4.25. The molecule has 0 aliphatic heterocycles. The standard InChI is InChI=1S/C21H21FN2O2S/c1-3-4-19-12-17-13-20(27(2,25)26)7-8-21(17)24(19)14-16-5-6-18(22)11-15(16)9-10-23/h5-8,11-13H,3-4,9,14H2,1-2H3. The maximum Gasteiger partial charge on any atom is 0.175 e. The lowest BCUT2D eigenvalue weighted by molar-refractivity contribution is 0.602. The third kappa shape index (κ3) is 4.04. The highest BCUT2D eigenvalue weighted by Crippen LogP contribution is 2.26. The number of benzene rings is 2. The molecule has 0 spiro atoms. The van der Waals surface area contributed by atoms with Crippen LogP contribution < -0.4 is 0 Å². The van der Waals surface area contributed by atoms with E-state index in [9.17, 15) is 12.8 Å². The van der Waals surface area contributed by atoms with Crippen molar-refractivity contribution in [1.82, 2.24) is 4.57 Å². The Bertz CT molecular complexity index is 1140.